The van der Waals surface area contributed by atoms with Crippen LogP contribution in [0.1, 0.15) is 15.9 Å². The summed E-state index contributed by atoms with van der Waals surface area (Å²) < 4.78 is 5.26. The Kier molecular flexibility index (Phi) is 4.18. The van der Waals surface area contributed by atoms with Crippen molar-refractivity contribution in [2.75, 3.05) is 19.5 Å². The molecule has 19 heavy (non-hydrogen) atoms. The van der Waals surface area contributed by atoms with Gasteiger partial charge in [-0.05, 0) is 17.7 Å². The molecule has 0 unspecified atom stereocenters. The first-order valence-electron chi connectivity index (χ1n) is 6.18. The SMILES string of the molecule is CNc1c(OC)cccc1C(=O)Cc1ccccc1. The fourth-order valence-corrected chi connectivity index (χ4v) is 2.07. The number of ketones is 1. The van der Waals surface area contributed by atoms with Crippen molar-refractivity contribution in [2.24, 2.45) is 0 Å². The second-order valence-corrected chi connectivity index (χ2v) is 4.22. The Hall–Kier alpha value is -2.29. The molecule has 0 aliphatic carbocycles. The van der Waals surface area contributed by atoms with Crippen LogP contribution in [0.25, 0.3) is 0 Å². The first-order chi connectivity index (χ1) is 9.26. The third-order valence-corrected chi connectivity index (χ3v) is 3.00. The molecule has 2 aromatic rings. The molecule has 98 valence electrons. The normalized spacial score (nSPS) is 10.0. The van der Waals surface area contributed by atoms with Gasteiger partial charge in [-0.15, -0.1) is 0 Å². The molecule has 0 saturated carbocycles. The zero-order chi connectivity index (χ0) is 13.7. The van der Waals surface area contributed by atoms with Crippen LogP contribution in [0.3, 0.4) is 0 Å². The average Bonchev–Trinajstić information content (AvgIpc) is 2.47. The van der Waals surface area contributed by atoms with E-state index in [0.29, 0.717) is 17.7 Å². The minimum atomic E-state index is 0.0782. The number of methoxy groups -OCH3 is 1. The fourth-order valence-electron chi connectivity index (χ4n) is 2.07. The van der Waals surface area contributed by atoms with E-state index in [1.54, 1.807) is 14.2 Å². The Morgan fingerprint density at radius 1 is 1.11 bits per heavy atom. The van der Waals surface area contributed by atoms with E-state index >= 15 is 0 Å². The molecule has 0 bridgehead atoms. The van der Waals surface area contributed by atoms with Crippen LogP contribution in [0, 0.1) is 0 Å². The zero-order valence-electron chi connectivity index (χ0n) is 11.1. The molecule has 0 spiro atoms. The third-order valence-electron chi connectivity index (χ3n) is 3.00. The molecule has 0 aliphatic rings. The van der Waals surface area contributed by atoms with E-state index in [0.717, 1.165) is 11.3 Å². The van der Waals surface area contributed by atoms with E-state index in [9.17, 15) is 4.79 Å². The quantitative estimate of drug-likeness (QED) is 0.834. The lowest BCUT2D eigenvalue weighted by Gasteiger charge is -2.12. The minimum Gasteiger partial charge on any atom is -0.495 e. The van der Waals surface area contributed by atoms with Crippen molar-refractivity contribution in [1.82, 2.24) is 0 Å². The summed E-state index contributed by atoms with van der Waals surface area (Å²) in [5.74, 6) is 0.760. The highest BCUT2D eigenvalue weighted by atomic mass is 16.5. The lowest BCUT2D eigenvalue weighted by molar-refractivity contribution is 0.0993. The van der Waals surface area contributed by atoms with Gasteiger partial charge in [0.15, 0.2) is 5.78 Å². The molecule has 0 heterocycles. The van der Waals surface area contributed by atoms with Crippen LogP contribution in [-0.4, -0.2) is 19.9 Å². The summed E-state index contributed by atoms with van der Waals surface area (Å²) in [4.78, 5) is 12.4. The van der Waals surface area contributed by atoms with Crippen LogP contribution >= 0.6 is 0 Å². The molecule has 0 saturated heterocycles. The van der Waals surface area contributed by atoms with Gasteiger partial charge in [0.05, 0.1) is 12.8 Å². The number of carbonyl (C=O) groups excluding carboxylic acids is 1. The largest absolute Gasteiger partial charge is 0.495 e. The predicted octanol–water partition coefficient (Wildman–Crippen LogP) is 3.16. The molecule has 0 atom stereocenters. The topological polar surface area (TPSA) is 38.3 Å². The number of rotatable bonds is 5. The smallest absolute Gasteiger partial charge is 0.169 e. The molecule has 0 amide bonds. The Bertz CT molecular complexity index is 564. The van der Waals surface area contributed by atoms with E-state index in [2.05, 4.69) is 5.32 Å². The maximum absolute atomic E-state index is 12.4. The number of benzene rings is 2. The molecular weight excluding hydrogens is 238 g/mol. The summed E-state index contributed by atoms with van der Waals surface area (Å²) >= 11 is 0. The second kappa shape index (κ2) is 6.05. The molecule has 0 aliphatic heterocycles. The van der Waals surface area contributed by atoms with Gasteiger partial charge < -0.3 is 10.1 Å². The highest BCUT2D eigenvalue weighted by molar-refractivity contribution is 6.03. The van der Waals surface area contributed by atoms with Crippen molar-refractivity contribution in [3.05, 3.63) is 59.7 Å². The average molecular weight is 255 g/mol. The van der Waals surface area contributed by atoms with Gasteiger partial charge >= 0.3 is 0 Å². The summed E-state index contributed by atoms with van der Waals surface area (Å²) in [6.45, 7) is 0. The lowest BCUT2D eigenvalue weighted by Crippen LogP contribution is -2.08. The number of para-hydroxylation sites is 1. The van der Waals surface area contributed by atoms with E-state index in [-0.39, 0.29) is 5.78 Å². The van der Waals surface area contributed by atoms with Gasteiger partial charge in [-0.25, -0.2) is 0 Å². The Labute approximate surface area is 113 Å². The number of carbonyl (C=O) groups is 1. The summed E-state index contributed by atoms with van der Waals surface area (Å²) in [6.07, 6.45) is 0.392. The van der Waals surface area contributed by atoms with Crippen LogP contribution < -0.4 is 10.1 Å². The number of Topliss-reactive ketones (excluding diaryl/α,β-unsaturated/α-hetero) is 1. The molecule has 3 nitrogen and oxygen atoms in total. The van der Waals surface area contributed by atoms with E-state index < -0.39 is 0 Å². The first kappa shape index (κ1) is 13.1. The fraction of sp³-hybridized carbons (Fsp3) is 0.188. The van der Waals surface area contributed by atoms with Crippen LogP contribution in [-0.2, 0) is 6.42 Å². The van der Waals surface area contributed by atoms with Gasteiger partial charge in [0.2, 0.25) is 0 Å². The van der Waals surface area contributed by atoms with Crippen LogP contribution in [0.15, 0.2) is 48.5 Å². The first-order valence-corrected chi connectivity index (χ1v) is 6.18. The Morgan fingerprint density at radius 2 is 1.84 bits per heavy atom. The summed E-state index contributed by atoms with van der Waals surface area (Å²) in [6, 6.07) is 15.2. The highest BCUT2D eigenvalue weighted by Gasteiger charge is 2.14. The molecule has 0 aromatic heterocycles. The molecule has 1 N–H and O–H groups in total. The molecular formula is C16H17NO2. The maximum Gasteiger partial charge on any atom is 0.169 e. The lowest BCUT2D eigenvalue weighted by atomic mass is 10.0. The second-order valence-electron chi connectivity index (χ2n) is 4.22. The van der Waals surface area contributed by atoms with Crippen LogP contribution in [0.5, 0.6) is 5.75 Å². The van der Waals surface area contributed by atoms with Crippen molar-refractivity contribution in [2.45, 2.75) is 6.42 Å². The Balaban J connectivity index is 2.29. The number of ether oxygens (including phenoxy) is 1. The number of hydrogen-bond acceptors (Lipinski definition) is 3. The van der Waals surface area contributed by atoms with Gasteiger partial charge in [-0.1, -0.05) is 36.4 Å². The number of nitrogens with one attached hydrogen (secondary N) is 1. The molecule has 0 radical (unpaired) electrons. The Morgan fingerprint density at radius 3 is 2.47 bits per heavy atom. The molecule has 3 heteroatoms. The van der Waals surface area contributed by atoms with Crippen LogP contribution in [0.2, 0.25) is 0 Å². The molecule has 0 fully saturated rings. The van der Waals surface area contributed by atoms with Crippen molar-refractivity contribution in [3.63, 3.8) is 0 Å². The predicted molar refractivity (Wildman–Crippen MR) is 77.0 cm³/mol. The van der Waals surface area contributed by atoms with Gasteiger partial charge in [0, 0.05) is 19.0 Å². The van der Waals surface area contributed by atoms with Crippen molar-refractivity contribution in [1.29, 1.82) is 0 Å². The van der Waals surface area contributed by atoms with Gasteiger partial charge in [-0.2, -0.15) is 0 Å². The van der Waals surface area contributed by atoms with Crippen molar-refractivity contribution >= 4 is 11.5 Å². The third kappa shape index (κ3) is 2.94. The van der Waals surface area contributed by atoms with Crippen molar-refractivity contribution in [3.8, 4) is 5.75 Å². The standard InChI is InChI=1S/C16H17NO2/c1-17-16-13(9-6-10-15(16)19-2)14(18)11-12-7-4-3-5-8-12/h3-10,17H,11H2,1-2H3. The van der Waals surface area contributed by atoms with Gasteiger partial charge in [-0.3, -0.25) is 4.79 Å². The van der Waals surface area contributed by atoms with E-state index in [4.69, 9.17) is 4.74 Å². The summed E-state index contributed by atoms with van der Waals surface area (Å²) in [5, 5.41) is 3.04. The monoisotopic (exact) mass is 255 g/mol. The highest BCUT2D eigenvalue weighted by Crippen LogP contribution is 2.28. The molecule has 2 aromatic carbocycles. The molecule has 2 rings (SSSR count). The van der Waals surface area contributed by atoms with E-state index in [1.807, 2.05) is 48.5 Å². The van der Waals surface area contributed by atoms with E-state index in [1.165, 1.54) is 0 Å². The van der Waals surface area contributed by atoms with Gasteiger partial charge in [0.1, 0.15) is 5.75 Å². The summed E-state index contributed by atoms with van der Waals surface area (Å²) in [7, 11) is 3.39. The number of hydrogen-bond donors (Lipinski definition) is 1. The maximum atomic E-state index is 12.4. The minimum absolute atomic E-state index is 0.0782. The van der Waals surface area contributed by atoms with Crippen LogP contribution in [0.4, 0.5) is 5.69 Å². The zero-order valence-corrected chi connectivity index (χ0v) is 11.1. The number of anilines is 1. The van der Waals surface area contributed by atoms with Gasteiger partial charge in [0.25, 0.3) is 0 Å². The van der Waals surface area contributed by atoms with Crippen molar-refractivity contribution < 1.29 is 9.53 Å². The summed E-state index contributed by atoms with van der Waals surface area (Å²) in [5.41, 5.74) is 2.41.